The summed E-state index contributed by atoms with van der Waals surface area (Å²) in [6.07, 6.45) is -0.572. The minimum atomic E-state index is -0.600. The first-order valence-electron chi connectivity index (χ1n) is 5.28. The molecule has 16 heavy (non-hydrogen) atoms. The molecule has 3 N–H and O–H groups in total. The SMILES string of the molecule is CCC(Oc1ccc(C(C)O)cc1)C(N)=O. The van der Waals surface area contributed by atoms with Crippen LogP contribution in [0.2, 0.25) is 0 Å². The zero-order valence-electron chi connectivity index (χ0n) is 9.51. The molecule has 0 heterocycles. The van der Waals surface area contributed by atoms with E-state index in [9.17, 15) is 9.90 Å². The molecule has 88 valence electrons. The molecule has 4 heteroatoms. The van der Waals surface area contributed by atoms with E-state index in [4.69, 9.17) is 10.5 Å². The highest BCUT2D eigenvalue weighted by Gasteiger charge is 2.14. The lowest BCUT2D eigenvalue weighted by Gasteiger charge is -2.14. The number of hydrogen-bond donors (Lipinski definition) is 2. The number of ether oxygens (including phenoxy) is 1. The van der Waals surface area contributed by atoms with Gasteiger partial charge in [0.25, 0.3) is 5.91 Å². The lowest BCUT2D eigenvalue weighted by Crippen LogP contribution is -2.32. The van der Waals surface area contributed by atoms with Gasteiger partial charge in [0.15, 0.2) is 6.10 Å². The zero-order valence-corrected chi connectivity index (χ0v) is 9.51. The maximum Gasteiger partial charge on any atom is 0.258 e. The molecule has 0 aliphatic heterocycles. The normalized spacial score (nSPS) is 14.2. The first-order valence-corrected chi connectivity index (χ1v) is 5.28. The van der Waals surface area contributed by atoms with Crippen molar-refractivity contribution in [3.8, 4) is 5.75 Å². The largest absolute Gasteiger partial charge is 0.481 e. The zero-order chi connectivity index (χ0) is 12.1. The van der Waals surface area contributed by atoms with E-state index in [1.54, 1.807) is 31.2 Å². The third-order valence-electron chi connectivity index (χ3n) is 2.33. The lowest BCUT2D eigenvalue weighted by molar-refractivity contribution is -0.124. The maximum atomic E-state index is 11.0. The fraction of sp³-hybridized carbons (Fsp3) is 0.417. The Kier molecular flexibility index (Phi) is 4.31. The first kappa shape index (κ1) is 12.5. The van der Waals surface area contributed by atoms with Gasteiger partial charge in [-0.25, -0.2) is 0 Å². The fourth-order valence-electron chi connectivity index (χ4n) is 1.33. The van der Waals surface area contributed by atoms with E-state index in [1.165, 1.54) is 0 Å². The summed E-state index contributed by atoms with van der Waals surface area (Å²) in [4.78, 5) is 11.0. The van der Waals surface area contributed by atoms with Crippen LogP contribution in [-0.4, -0.2) is 17.1 Å². The molecule has 0 aliphatic carbocycles. The molecule has 0 saturated carbocycles. The van der Waals surface area contributed by atoms with Gasteiger partial charge in [0, 0.05) is 0 Å². The van der Waals surface area contributed by atoms with Crippen molar-refractivity contribution >= 4 is 5.91 Å². The Labute approximate surface area is 95.0 Å². The fourth-order valence-corrected chi connectivity index (χ4v) is 1.33. The molecule has 2 atom stereocenters. The highest BCUT2D eigenvalue weighted by atomic mass is 16.5. The summed E-state index contributed by atoms with van der Waals surface area (Å²) in [6.45, 7) is 3.52. The monoisotopic (exact) mass is 223 g/mol. The second-order valence-corrected chi connectivity index (χ2v) is 3.66. The Bertz CT molecular complexity index is 346. The highest BCUT2D eigenvalue weighted by Crippen LogP contribution is 2.18. The molecular weight excluding hydrogens is 206 g/mol. The summed E-state index contributed by atoms with van der Waals surface area (Å²) in [5.41, 5.74) is 5.97. The van der Waals surface area contributed by atoms with Crippen LogP contribution in [0.5, 0.6) is 5.75 Å². The van der Waals surface area contributed by atoms with E-state index in [0.717, 1.165) is 5.56 Å². The molecule has 4 nitrogen and oxygen atoms in total. The van der Waals surface area contributed by atoms with Gasteiger partial charge >= 0.3 is 0 Å². The Balaban J connectivity index is 2.71. The van der Waals surface area contributed by atoms with Gasteiger partial charge in [-0.15, -0.1) is 0 Å². The second kappa shape index (κ2) is 5.51. The predicted octanol–water partition coefficient (Wildman–Crippen LogP) is 1.38. The summed E-state index contributed by atoms with van der Waals surface area (Å²) >= 11 is 0. The second-order valence-electron chi connectivity index (χ2n) is 3.66. The van der Waals surface area contributed by atoms with Crippen LogP contribution in [0.4, 0.5) is 0 Å². The van der Waals surface area contributed by atoms with Crippen molar-refractivity contribution in [2.75, 3.05) is 0 Å². The van der Waals surface area contributed by atoms with Gasteiger partial charge in [-0.3, -0.25) is 4.79 Å². The quantitative estimate of drug-likeness (QED) is 0.792. The molecule has 0 spiro atoms. The Morgan fingerprint density at radius 2 is 2.00 bits per heavy atom. The minimum absolute atomic E-state index is 0.470. The third-order valence-corrected chi connectivity index (χ3v) is 2.33. The number of carbonyl (C=O) groups excluding carboxylic acids is 1. The molecule has 0 bridgehead atoms. The number of carbonyl (C=O) groups is 1. The van der Waals surface area contributed by atoms with E-state index in [-0.39, 0.29) is 0 Å². The number of hydrogen-bond acceptors (Lipinski definition) is 3. The van der Waals surface area contributed by atoms with Crippen molar-refractivity contribution in [3.63, 3.8) is 0 Å². The molecule has 0 radical (unpaired) electrons. The van der Waals surface area contributed by atoms with E-state index in [2.05, 4.69) is 0 Å². The molecule has 2 unspecified atom stereocenters. The van der Waals surface area contributed by atoms with Crippen LogP contribution in [-0.2, 0) is 4.79 Å². The van der Waals surface area contributed by atoms with Crippen molar-refractivity contribution < 1.29 is 14.6 Å². The number of amides is 1. The summed E-state index contributed by atoms with van der Waals surface area (Å²) in [7, 11) is 0. The summed E-state index contributed by atoms with van der Waals surface area (Å²) in [5, 5.41) is 9.32. The van der Waals surface area contributed by atoms with Gasteiger partial charge in [-0.05, 0) is 31.0 Å². The lowest BCUT2D eigenvalue weighted by atomic mass is 10.1. The molecular formula is C12H17NO3. The predicted molar refractivity (Wildman–Crippen MR) is 61.0 cm³/mol. The minimum Gasteiger partial charge on any atom is -0.481 e. The smallest absolute Gasteiger partial charge is 0.258 e. The number of primary amides is 1. The summed E-state index contributed by atoms with van der Waals surface area (Å²) < 4.78 is 5.40. The summed E-state index contributed by atoms with van der Waals surface area (Å²) in [6, 6.07) is 6.95. The van der Waals surface area contributed by atoms with Crippen LogP contribution in [0.25, 0.3) is 0 Å². The summed E-state index contributed by atoms with van der Waals surface area (Å²) in [5.74, 6) is 0.108. The number of aliphatic hydroxyl groups excluding tert-OH is 1. The molecule has 0 saturated heterocycles. The average molecular weight is 223 g/mol. The van der Waals surface area contributed by atoms with Gasteiger partial charge in [0.1, 0.15) is 5.75 Å². The van der Waals surface area contributed by atoms with Crippen LogP contribution in [0.3, 0.4) is 0 Å². The maximum absolute atomic E-state index is 11.0. The highest BCUT2D eigenvalue weighted by molar-refractivity contribution is 5.79. The van der Waals surface area contributed by atoms with Gasteiger partial charge < -0.3 is 15.6 Å². The van der Waals surface area contributed by atoms with E-state index in [1.807, 2.05) is 6.92 Å². The van der Waals surface area contributed by atoms with Crippen molar-refractivity contribution in [2.45, 2.75) is 32.5 Å². The van der Waals surface area contributed by atoms with E-state index >= 15 is 0 Å². The van der Waals surface area contributed by atoms with E-state index in [0.29, 0.717) is 12.2 Å². The first-order chi connectivity index (χ1) is 7.54. The van der Waals surface area contributed by atoms with Gasteiger partial charge in [0.05, 0.1) is 6.10 Å². The van der Waals surface area contributed by atoms with Crippen LogP contribution >= 0.6 is 0 Å². The number of benzene rings is 1. The van der Waals surface area contributed by atoms with Crippen LogP contribution in [0.15, 0.2) is 24.3 Å². The molecule has 1 amide bonds. The standard InChI is InChI=1S/C12H17NO3/c1-3-11(12(13)15)16-10-6-4-9(5-7-10)8(2)14/h4-8,11,14H,3H2,1-2H3,(H2,13,15). The number of aliphatic hydroxyl groups is 1. The third kappa shape index (κ3) is 3.24. The molecule has 0 aromatic heterocycles. The van der Waals surface area contributed by atoms with Crippen molar-refractivity contribution in [1.82, 2.24) is 0 Å². The molecule has 1 aromatic carbocycles. The van der Waals surface area contributed by atoms with Crippen LogP contribution < -0.4 is 10.5 Å². The van der Waals surface area contributed by atoms with Gasteiger partial charge in [0.2, 0.25) is 0 Å². The Hall–Kier alpha value is -1.55. The van der Waals surface area contributed by atoms with Crippen molar-refractivity contribution in [2.24, 2.45) is 5.73 Å². The number of rotatable bonds is 5. The topological polar surface area (TPSA) is 72.6 Å². The van der Waals surface area contributed by atoms with Crippen LogP contribution in [0, 0.1) is 0 Å². The van der Waals surface area contributed by atoms with Gasteiger partial charge in [-0.1, -0.05) is 19.1 Å². The molecule has 1 rings (SSSR count). The average Bonchev–Trinajstić information content (AvgIpc) is 2.26. The Morgan fingerprint density at radius 1 is 1.44 bits per heavy atom. The molecule has 0 fully saturated rings. The molecule has 1 aromatic rings. The molecule has 0 aliphatic rings. The van der Waals surface area contributed by atoms with Crippen molar-refractivity contribution in [1.29, 1.82) is 0 Å². The van der Waals surface area contributed by atoms with Crippen LogP contribution in [0.1, 0.15) is 31.9 Å². The Morgan fingerprint density at radius 3 is 2.38 bits per heavy atom. The van der Waals surface area contributed by atoms with Gasteiger partial charge in [-0.2, -0.15) is 0 Å². The van der Waals surface area contributed by atoms with Crippen molar-refractivity contribution in [3.05, 3.63) is 29.8 Å². The number of nitrogens with two attached hydrogens (primary N) is 1. The van der Waals surface area contributed by atoms with E-state index < -0.39 is 18.1 Å².